The minimum atomic E-state index is -0.379. The number of nitrogens with one attached hydrogen (secondary N) is 1. The Balaban J connectivity index is 1.55. The zero-order chi connectivity index (χ0) is 21.6. The molecular formula is C24H20FN3O3. The van der Waals surface area contributed by atoms with Gasteiger partial charge in [-0.15, -0.1) is 0 Å². The summed E-state index contributed by atoms with van der Waals surface area (Å²) in [5.74, 6) is 0.112. The van der Waals surface area contributed by atoms with Crippen LogP contribution in [0.5, 0.6) is 5.75 Å². The van der Waals surface area contributed by atoms with Crippen molar-refractivity contribution in [2.45, 2.75) is 13.1 Å². The number of hydrogen-bond acceptors (Lipinski definition) is 4. The maximum atomic E-state index is 13.1. The van der Waals surface area contributed by atoms with Crippen molar-refractivity contribution in [3.05, 3.63) is 106 Å². The van der Waals surface area contributed by atoms with Crippen LogP contribution in [0.4, 0.5) is 4.39 Å². The van der Waals surface area contributed by atoms with Crippen molar-refractivity contribution in [1.82, 2.24) is 14.9 Å². The molecule has 1 aromatic heterocycles. The van der Waals surface area contributed by atoms with Gasteiger partial charge in [-0.1, -0.05) is 42.5 Å². The second kappa shape index (κ2) is 9.21. The Morgan fingerprint density at radius 2 is 1.65 bits per heavy atom. The third-order valence-electron chi connectivity index (χ3n) is 4.75. The van der Waals surface area contributed by atoms with Crippen LogP contribution in [0.15, 0.2) is 83.7 Å². The minimum absolute atomic E-state index is 0.112. The third kappa shape index (κ3) is 5.14. The number of carbonyl (C=O) groups is 1. The summed E-state index contributed by atoms with van der Waals surface area (Å²) >= 11 is 0. The average molecular weight is 417 g/mol. The van der Waals surface area contributed by atoms with Gasteiger partial charge < -0.3 is 14.6 Å². The molecule has 0 unspecified atom stereocenters. The Hall–Kier alpha value is -4.00. The average Bonchev–Trinajstić information content (AvgIpc) is 2.79. The molecule has 1 N–H and O–H groups in total. The summed E-state index contributed by atoms with van der Waals surface area (Å²) in [7, 11) is 0. The molecule has 1 heterocycles. The summed E-state index contributed by atoms with van der Waals surface area (Å²) in [6.45, 7) is 0.208. The first-order valence-electron chi connectivity index (χ1n) is 9.76. The fourth-order valence-corrected chi connectivity index (χ4v) is 3.19. The van der Waals surface area contributed by atoms with Crippen molar-refractivity contribution in [3.63, 3.8) is 0 Å². The van der Waals surface area contributed by atoms with Crippen molar-refractivity contribution in [2.75, 3.05) is 6.61 Å². The number of rotatable bonds is 7. The second-order valence-electron chi connectivity index (χ2n) is 7.01. The van der Waals surface area contributed by atoms with Gasteiger partial charge in [0.15, 0.2) is 6.61 Å². The number of carbonyl (C=O) groups excluding carboxylic acids is 1. The van der Waals surface area contributed by atoms with Gasteiger partial charge in [0.05, 0.1) is 17.4 Å². The molecule has 6 nitrogen and oxygen atoms in total. The number of nitrogens with zero attached hydrogens (tertiary/aromatic N) is 2. The van der Waals surface area contributed by atoms with E-state index in [-0.39, 0.29) is 30.4 Å². The highest BCUT2D eigenvalue weighted by atomic mass is 19.1. The van der Waals surface area contributed by atoms with Crippen LogP contribution < -0.4 is 10.3 Å². The number of benzene rings is 3. The van der Waals surface area contributed by atoms with Gasteiger partial charge in [-0.05, 0) is 42.0 Å². The van der Waals surface area contributed by atoms with Crippen molar-refractivity contribution >= 4 is 16.8 Å². The maximum Gasteiger partial charge on any atom is 0.261 e. The van der Waals surface area contributed by atoms with Crippen LogP contribution in [0, 0.1) is 5.82 Å². The zero-order valence-electron chi connectivity index (χ0n) is 16.6. The molecular weight excluding hydrogens is 397 g/mol. The first kappa shape index (κ1) is 20.3. The number of halogens is 1. The topological polar surface area (TPSA) is 75.3 Å². The van der Waals surface area contributed by atoms with E-state index in [1.165, 1.54) is 24.3 Å². The molecule has 0 saturated heterocycles. The number of hydrogen-bond donors (Lipinski definition) is 1. The Labute approximate surface area is 177 Å². The van der Waals surface area contributed by atoms with Gasteiger partial charge in [-0.25, -0.2) is 9.37 Å². The molecule has 156 valence electrons. The molecule has 0 bridgehead atoms. The van der Waals surface area contributed by atoms with Crippen LogP contribution in [-0.4, -0.2) is 27.4 Å². The molecule has 0 radical (unpaired) electrons. The van der Waals surface area contributed by atoms with Crippen molar-refractivity contribution in [1.29, 1.82) is 0 Å². The Bertz CT molecular complexity index is 1240. The monoisotopic (exact) mass is 417 g/mol. The lowest BCUT2D eigenvalue weighted by atomic mass is 10.2. The van der Waals surface area contributed by atoms with Crippen molar-refractivity contribution in [2.24, 2.45) is 0 Å². The number of fused-ring (bicyclic) bond motifs is 1. The van der Waals surface area contributed by atoms with E-state index in [4.69, 9.17) is 4.74 Å². The van der Waals surface area contributed by atoms with Crippen LogP contribution in [0.25, 0.3) is 10.9 Å². The Morgan fingerprint density at radius 1 is 0.935 bits per heavy atom. The van der Waals surface area contributed by atoms with E-state index in [9.17, 15) is 14.0 Å². The number of aromatic amines is 1. The third-order valence-corrected chi connectivity index (χ3v) is 4.75. The van der Waals surface area contributed by atoms with E-state index < -0.39 is 0 Å². The van der Waals surface area contributed by atoms with E-state index in [1.807, 2.05) is 36.4 Å². The lowest BCUT2D eigenvalue weighted by molar-refractivity contribution is -0.134. The number of ether oxygens (including phenoxy) is 1. The van der Waals surface area contributed by atoms with Gasteiger partial charge in [0.25, 0.3) is 11.5 Å². The van der Waals surface area contributed by atoms with E-state index >= 15 is 0 Å². The highest BCUT2D eigenvalue weighted by Crippen LogP contribution is 2.14. The molecule has 0 aliphatic rings. The fraction of sp³-hybridized carbons (Fsp3) is 0.125. The molecule has 1 amide bonds. The van der Waals surface area contributed by atoms with Gasteiger partial charge >= 0.3 is 0 Å². The highest BCUT2D eigenvalue weighted by Gasteiger charge is 2.17. The number of amides is 1. The molecule has 4 rings (SSSR count). The zero-order valence-corrected chi connectivity index (χ0v) is 16.6. The number of H-pyrrole nitrogens is 1. The van der Waals surface area contributed by atoms with E-state index in [0.29, 0.717) is 29.0 Å². The minimum Gasteiger partial charge on any atom is -0.484 e. The summed E-state index contributed by atoms with van der Waals surface area (Å²) in [5, 5.41) is 0.492. The van der Waals surface area contributed by atoms with Gasteiger partial charge in [0.2, 0.25) is 0 Å². The molecule has 4 aromatic rings. The molecule has 31 heavy (non-hydrogen) atoms. The van der Waals surface area contributed by atoms with Crippen LogP contribution in [0.3, 0.4) is 0 Å². The van der Waals surface area contributed by atoms with Crippen molar-refractivity contribution < 1.29 is 13.9 Å². The summed E-state index contributed by atoms with van der Waals surface area (Å²) in [5.41, 5.74) is 1.24. The van der Waals surface area contributed by atoms with Gasteiger partial charge in [0, 0.05) is 6.54 Å². The van der Waals surface area contributed by atoms with Gasteiger partial charge in [0.1, 0.15) is 17.4 Å². The predicted octanol–water partition coefficient (Wildman–Crippen LogP) is 3.67. The molecule has 0 atom stereocenters. The Kier molecular flexibility index (Phi) is 6.03. The summed E-state index contributed by atoms with van der Waals surface area (Å²) in [6.07, 6.45) is 0. The number of aromatic nitrogens is 2. The van der Waals surface area contributed by atoms with Crippen LogP contribution >= 0.6 is 0 Å². The SMILES string of the molecule is O=C(COc1ccc(F)cc1)N(Cc1ccccc1)Cc1nc2ccccc2c(=O)[nH]1. The lowest BCUT2D eigenvalue weighted by Crippen LogP contribution is -2.35. The quantitative estimate of drug-likeness (QED) is 0.498. The van der Waals surface area contributed by atoms with E-state index in [1.54, 1.807) is 23.1 Å². The lowest BCUT2D eigenvalue weighted by Gasteiger charge is -2.22. The molecule has 0 saturated carbocycles. The number of para-hydroxylation sites is 1. The van der Waals surface area contributed by atoms with Gasteiger partial charge in [-0.3, -0.25) is 9.59 Å². The molecule has 0 aliphatic heterocycles. The first-order valence-corrected chi connectivity index (χ1v) is 9.76. The van der Waals surface area contributed by atoms with Gasteiger partial charge in [-0.2, -0.15) is 0 Å². The summed E-state index contributed by atoms with van der Waals surface area (Å²) in [4.78, 5) is 34.2. The first-order chi connectivity index (χ1) is 15.1. The molecule has 0 spiro atoms. The molecule has 3 aromatic carbocycles. The van der Waals surface area contributed by atoms with Crippen LogP contribution in [-0.2, 0) is 17.9 Å². The fourth-order valence-electron chi connectivity index (χ4n) is 3.19. The maximum absolute atomic E-state index is 13.1. The predicted molar refractivity (Wildman–Crippen MR) is 115 cm³/mol. The van der Waals surface area contributed by atoms with Crippen LogP contribution in [0.2, 0.25) is 0 Å². The Morgan fingerprint density at radius 3 is 2.42 bits per heavy atom. The van der Waals surface area contributed by atoms with E-state index in [2.05, 4.69) is 9.97 Å². The molecule has 0 fully saturated rings. The van der Waals surface area contributed by atoms with E-state index in [0.717, 1.165) is 5.56 Å². The smallest absolute Gasteiger partial charge is 0.261 e. The molecule has 0 aliphatic carbocycles. The molecule has 7 heteroatoms. The highest BCUT2D eigenvalue weighted by molar-refractivity contribution is 5.78. The summed E-state index contributed by atoms with van der Waals surface area (Å²) in [6, 6.07) is 22.0. The summed E-state index contributed by atoms with van der Waals surface area (Å²) < 4.78 is 18.6. The standard InChI is InChI=1S/C24H20FN3O3/c25-18-10-12-19(13-11-18)31-16-23(29)28(14-17-6-2-1-3-7-17)15-22-26-21-9-5-4-8-20(21)24(30)27-22/h1-13H,14-16H2,(H,26,27,30). The van der Waals surface area contributed by atoms with Crippen molar-refractivity contribution in [3.8, 4) is 5.75 Å². The normalized spacial score (nSPS) is 10.7. The van der Waals surface area contributed by atoms with Crippen LogP contribution in [0.1, 0.15) is 11.4 Å². The second-order valence-corrected chi connectivity index (χ2v) is 7.01. The largest absolute Gasteiger partial charge is 0.484 e.